The number of methoxy groups -OCH3 is 1. The van der Waals surface area contributed by atoms with Crippen LogP contribution in [0.5, 0.6) is 0 Å². The van der Waals surface area contributed by atoms with E-state index in [1.54, 1.807) is 22.8 Å². The highest BCUT2D eigenvalue weighted by atomic mass is 32.2. The van der Waals surface area contributed by atoms with E-state index >= 15 is 0 Å². The van der Waals surface area contributed by atoms with Gasteiger partial charge < -0.3 is 15.8 Å². The summed E-state index contributed by atoms with van der Waals surface area (Å²) in [5.41, 5.74) is 7.98. The molecule has 1 aliphatic rings. The lowest BCUT2D eigenvalue weighted by molar-refractivity contribution is -0.113. The third-order valence-corrected chi connectivity index (χ3v) is 7.69. The minimum absolute atomic E-state index is 0.115. The summed E-state index contributed by atoms with van der Waals surface area (Å²) in [6.45, 7) is 2.27. The second-order valence-corrected chi connectivity index (χ2v) is 9.86. The molecule has 3 aromatic heterocycles. The zero-order valence-electron chi connectivity index (χ0n) is 16.0. The van der Waals surface area contributed by atoms with Gasteiger partial charge >= 0.3 is 5.97 Å². The van der Waals surface area contributed by atoms with Gasteiger partial charge in [0.25, 0.3) is 0 Å². The zero-order valence-corrected chi connectivity index (χ0v) is 18.4. The fourth-order valence-electron chi connectivity index (χ4n) is 3.39. The Bertz CT molecular complexity index is 1090. The number of nitrogens with one attached hydrogen (secondary N) is 1. The molecular weight excluding hydrogens is 428 g/mol. The van der Waals surface area contributed by atoms with Crippen LogP contribution in [0.25, 0.3) is 10.2 Å². The first-order chi connectivity index (χ1) is 14.0. The van der Waals surface area contributed by atoms with Crippen LogP contribution < -0.4 is 11.1 Å². The fraction of sp³-hybridized carbons (Fsp3) is 0.368. The van der Waals surface area contributed by atoms with Crippen molar-refractivity contribution in [2.75, 3.05) is 23.9 Å². The Labute approximate surface area is 180 Å². The predicted octanol–water partition coefficient (Wildman–Crippen LogP) is 3.98. The van der Waals surface area contributed by atoms with Crippen molar-refractivity contribution in [2.24, 2.45) is 5.92 Å². The first kappa shape index (κ1) is 20.1. The molecule has 3 aromatic rings. The molecular formula is C19H20N4O3S3. The molecule has 1 atom stereocenters. The molecule has 10 heteroatoms. The number of nitrogens with zero attached hydrogens (tertiary/aromatic N) is 2. The van der Waals surface area contributed by atoms with Gasteiger partial charge in [0.1, 0.15) is 15.5 Å². The van der Waals surface area contributed by atoms with Crippen molar-refractivity contribution in [2.45, 2.75) is 31.3 Å². The molecule has 3 N–H and O–H groups in total. The smallest absolute Gasteiger partial charge is 0.350 e. The second-order valence-electron chi connectivity index (χ2n) is 6.92. The minimum atomic E-state index is -0.472. The zero-order chi connectivity index (χ0) is 20.5. The van der Waals surface area contributed by atoms with Gasteiger partial charge in [-0.2, -0.15) is 0 Å². The lowest BCUT2D eigenvalue weighted by Crippen LogP contribution is -2.16. The van der Waals surface area contributed by atoms with Crippen LogP contribution in [0.3, 0.4) is 0 Å². The number of fused-ring (bicyclic) bond motifs is 3. The summed E-state index contributed by atoms with van der Waals surface area (Å²) >= 11 is 4.13. The van der Waals surface area contributed by atoms with Crippen molar-refractivity contribution in [3.05, 3.63) is 26.8 Å². The number of thioether (sulfide) groups is 1. The van der Waals surface area contributed by atoms with E-state index in [-0.39, 0.29) is 11.7 Å². The number of nitrogen functional groups attached to an aromatic ring is 1. The van der Waals surface area contributed by atoms with Gasteiger partial charge in [-0.05, 0) is 42.2 Å². The average Bonchev–Trinajstić information content (AvgIpc) is 3.29. The second kappa shape index (κ2) is 8.29. The Kier molecular flexibility index (Phi) is 5.75. The number of anilines is 2. The number of thiophene rings is 2. The summed E-state index contributed by atoms with van der Waals surface area (Å²) in [7, 11) is 1.31. The third kappa shape index (κ3) is 4.10. The van der Waals surface area contributed by atoms with E-state index in [0.29, 0.717) is 27.5 Å². The molecule has 0 aliphatic heterocycles. The van der Waals surface area contributed by atoms with Gasteiger partial charge in [-0.25, -0.2) is 14.8 Å². The van der Waals surface area contributed by atoms with Crippen molar-refractivity contribution in [1.82, 2.24) is 9.97 Å². The molecule has 152 valence electrons. The first-order valence-electron chi connectivity index (χ1n) is 9.12. The summed E-state index contributed by atoms with van der Waals surface area (Å²) in [5, 5.41) is 5.93. The molecule has 0 radical (unpaired) electrons. The van der Waals surface area contributed by atoms with Crippen LogP contribution in [0.15, 0.2) is 16.6 Å². The van der Waals surface area contributed by atoms with Crippen molar-refractivity contribution in [1.29, 1.82) is 0 Å². The topological polar surface area (TPSA) is 107 Å². The summed E-state index contributed by atoms with van der Waals surface area (Å²) < 4.78 is 4.72. The van der Waals surface area contributed by atoms with E-state index in [4.69, 9.17) is 10.5 Å². The van der Waals surface area contributed by atoms with Crippen LogP contribution in [0, 0.1) is 5.92 Å². The van der Waals surface area contributed by atoms with Gasteiger partial charge in [0, 0.05) is 4.88 Å². The molecule has 0 bridgehead atoms. The minimum Gasteiger partial charge on any atom is -0.465 e. The quantitative estimate of drug-likeness (QED) is 0.345. The molecule has 0 aromatic carbocycles. The van der Waals surface area contributed by atoms with E-state index in [2.05, 4.69) is 22.2 Å². The van der Waals surface area contributed by atoms with Gasteiger partial charge in [-0.1, -0.05) is 18.7 Å². The molecule has 4 rings (SSSR count). The number of esters is 1. The normalized spacial score (nSPS) is 15.9. The molecule has 0 saturated carbocycles. The predicted molar refractivity (Wildman–Crippen MR) is 118 cm³/mol. The van der Waals surface area contributed by atoms with Crippen LogP contribution in [-0.4, -0.2) is 34.7 Å². The molecule has 29 heavy (non-hydrogen) atoms. The summed E-state index contributed by atoms with van der Waals surface area (Å²) in [6, 6.07) is 1.68. The first-order valence-corrected chi connectivity index (χ1v) is 11.8. The molecule has 1 unspecified atom stereocenters. The summed E-state index contributed by atoms with van der Waals surface area (Å²) in [4.78, 5) is 35.7. The number of nitrogens with two attached hydrogens (primary N) is 1. The molecule has 1 aliphatic carbocycles. The fourth-order valence-corrected chi connectivity index (χ4v) is 6.25. The number of carbonyl (C=O) groups is 2. The lowest BCUT2D eigenvalue weighted by Gasteiger charge is -2.17. The van der Waals surface area contributed by atoms with Crippen LogP contribution >= 0.6 is 34.4 Å². The molecule has 0 fully saturated rings. The number of aromatic nitrogens is 2. The Morgan fingerprint density at radius 2 is 2.24 bits per heavy atom. The summed E-state index contributed by atoms with van der Waals surface area (Å²) in [6.07, 6.45) is 3.23. The van der Waals surface area contributed by atoms with E-state index in [1.165, 1.54) is 40.6 Å². The number of hydrogen-bond donors (Lipinski definition) is 2. The maximum atomic E-state index is 12.3. The Morgan fingerprint density at radius 1 is 1.41 bits per heavy atom. The van der Waals surface area contributed by atoms with Crippen molar-refractivity contribution in [3.63, 3.8) is 0 Å². The maximum Gasteiger partial charge on any atom is 0.350 e. The third-order valence-electron chi connectivity index (χ3n) is 4.80. The number of hydrogen-bond acceptors (Lipinski definition) is 9. The van der Waals surface area contributed by atoms with Crippen molar-refractivity contribution < 1.29 is 14.3 Å². The molecule has 1 amide bonds. The van der Waals surface area contributed by atoms with Crippen molar-refractivity contribution >= 4 is 68.0 Å². The number of rotatable bonds is 5. The maximum absolute atomic E-state index is 12.3. The highest BCUT2D eigenvalue weighted by molar-refractivity contribution is 7.99. The molecule has 7 nitrogen and oxygen atoms in total. The highest BCUT2D eigenvalue weighted by Gasteiger charge is 2.23. The number of ether oxygens (including phenoxy) is 1. The Hall–Kier alpha value is -2.17. The van der Waals surface area contributed by atoms with Crippen molar-refractivity contribution in [3.8, 4) is 0 Å². The van der Waals surface area contributed by atoms with Gasteiger partial charge in [-0.15, -0.1) is 22.7 Å². The van der Waals surface area contributed by atoms with E-state index < -0.39 is 5.97 Å². The molecule has 3 heterocycles. The highest BCUT2D eigenvalue weighted by Crippen LogP contribution is 2.40. The summed E-state index contributed by atoms with van der Waals surface area (Å²) in [5.74, 6) is 0.550. The van der Waals surface area contributed by atoms with Crippen LogP contribution in [0.2, 0.25) is 0 Å². The SMILES string of the molecule is COC(=O)c1sccc1NC(=O)CSc1nc(N)c2c3c(sc2n1)CC(C)CC3. The van der Waals surface area contributed by atoms with E-state index in [9.17, 15) is 9.59 Å². The van der Waals surface area contributed by atoms with E-state index in [0.717, 1.165) is 29.5 Å². The Balaban J connectivity index is 1.47. The van der Waals surface area contributed by atoms with Gasteiger partial charge in [0.15, 0.2) is 5.16 Å². The molecule has 0 spiro atoms. The number of aryl methyl sites for hydroxylation is 1. The van der Waals surface area contributed by atoms with Crippen LogP contribution in [0.1, 0.15) is 33.5 Å². The largest absolute Gasteiger partial charge is 0.465 e. The monoisotopic (exact) mass is 448 g/mol. The number of carbonyl (C=O) groups excluding carboxylic acids is 2. The number of amides is 1. The van der Waals surface area contributed by atoms with Gasteiger partial charge in [0.05, 0.1) is 23.9 Å². The standard InChI is InChI=1S/C19H20N4O3S3/c1-9-3-4-10-12(7-9)29-17-14(10)16(20)22-19(23-17)28-8-13(24)21-11-5-6-27-15(11)18(25)26-2/h5-6,9H,3-4,7-8H2,1-2H3,(H,21,24)(H2,20,22,23). The Morgan fingerprint density at radius 3 is 3.03 bits per heavy atom. The van der Waals surface area contributed by atoms with Gasteiger partial charge in [0.2, 0.25) is 5.91 Å². The van der Waals surface area contributed by atoms with Crippen LogP contribution in [0.4, 0.5) is 11.5 Å². The average molecular weight is 449 g/mol. The van der Waals surface area contributed by atoms with E-state index in [1.807, 2.05) is 0 Å². The lowest BCUT2D eigenvalue weighted by atomic mass is 9.89. The van der Waals surface area contributed by atoms with Crippen LogP contribution in [-0.2, 0) is 22.4 Å². The van der Waals surface area contributed by atoms with Gasteiger partial charge in [-0.3, -0.25) is 4.79 Å². The molecule has 0 saturated heterocycles.